The summed E-state index contributed by atoms with van der Waals surface area (Å²) in [6, 6.07) is 9.15. The maximum absolute atomic E-state index is 5.98. The molecule has 110 valence electrons. The van der Waals surface area contributed by atoms with Crippen LogP contribution >= 0.6 is 11.6 Å². The number of halogens is 1. The predicted octanol–water partition coefficient (Wildman–Crippen LogP) is 4.09. The summed E-state index contributed by atoms with van der Waals surface area (Å²) in [6.45, 7) is 6.55. The maximum Gasteiger partial charge on any atom is 0.0678 e. The molecule has 1 saturated heterocycles. The van der Waals surface area contributed by atoms with Gasteiger partial charge in [-0.25, -0.2) is 0 Å². The highest BCUT2D eigenvalue weighted by molar-refractivity contribution is 6.30. The average Bonchev–Trinajstić information content (AvgIpc) is 2.88. The van der Waals surface area contributed by atoms with Gasteiger partial charge < -0.3 is 4.74 Å². The quantitative estimate of drug-likeness (QED) is 0.814. The van der Waals surface area contributed by atoms with Gasteiger partial charge in [-0.15, -0.1) is 0 Å². The van der Waals surface area contributed by atoms with Crippen molar-refractivity contribution in [1.29, 1.82) is 0 Å². The van der Waals surface area contributed by atoms with Crippen LogP contribution in [0.1, 0.15) is 44.6 Å². The monoisotopic (exact) mass is 293 g/mol. The molecular formula is C17H24ClNO. The van der Waals surface area contributed by atoms with E-state index in [2.05, 4.69) is 30.9 Å². The van der Waals surface area contributed by atoms with E-state index in [4.69, 9.17) is 16.3 Å². The minimum absolute atomic E-state index is 0.369. The van der Waals surface area contributed by atoms with Gasteiger partial charge in [-0.1, -0.05) is 23.7 Å². The Morgan fingerprint density at radius 3 is 2.35 bits per heavy atom. The molecule has 1 aliphatic heterocycles. The van der Waals surface area contributed by atoms with E-state index in [0.29, 0.717) is 18.1 Å². The fourth-order valence-corrected chi connectivity index (χ4v) is 3.97. The maximum atomic E-state index is 5.98. The van der Waals surface area contributed by atoms with Crippen molar-refractivity contribution in [2.75, 3.05) is 13.1 Å². The zero-order chi connectivity index (χ0) is 14.1. The molecule has 3 rings (SSSR count). The third-order valence-corrected chi connectivity index (χ3v) is 4.96. The number of hydrogen-bond donors (Lipinski definition) is 0. The van der Waals surface area contributed by atoms with Crippen molar-refractivity contribution < 1.29 is 4.74 Å². The molecule has 2 unspecified atom stereocenters. The minimum atomic E-state index is 0.369. The van der Waals surface area contributed by atoms with Gasteiger partial charge in [-0.3, -0.25) is 4.90 Å². The zero-order valence-corrected chi connectivity index (χ0v) is 13.1. The van der Waals surface area contributed by atoms with Crippen LogP contribution in [0.25, 0.3) is 0 Å². The van der Waals surface area contributed by atoms with Crippen LogP contribution in [0, 0.1) is 0 Å². The first-order valence-corrected chi connectivity index (χ1v) is 8.14. The van der Waals surface area contributed by atoms with Crippen molar-refractivity contribution >= 4 is 11.6 Å². The van der Waals surface area contributed by atoms with E-state index in [0.717, 1.165) is 24.2 Å². The Balaban J connectivity index is 1.63. The van der Waals surface area contributed by atoms with Crippen LogP contribution in [0.15, 0.2) is 24.3 Å². The number of hydrogen-bond acceptors (Lipinski definition) is 2. The summed E-state index contributed by atoms with van der Waals surface area (Å²) in [5.41, 5.74) is 1.45. The largest absolute Gasteiger partial charge is 0.373 e. The van der Waals surface area contributed by atoms with Crippen LogP contribution < -0.4 is 0 Å². The van der Waals surface area contributed by atoms with Gasteiger partial charge in [-0.2, -0.15) is 0 Å². The number of nitrogens with zero attached hydrogens (tertiary/aromatic N) is 1. The summed E-state index contributed by atoms with van der Waals surface area (Å²) in [6.07, 6.45) is 4.63. The SMILES string of the molecule is C[C@@H]1CN(C2CCC(c3ccc(Cl)cc3)C2)C[C@H](C)O1. The van der Waals surface area contributed by atoms with Crippen molar-refractivity contribution in [1.82, 2.24) is 4.90 Å². The molecule has 1 saturated carbocycles. The van der Waals surface area contributed by atoms with Crippen LogP contribution in [0.5, 0.6) is 0 Å². The van der Waals surface area contributed by atoms with Crippen molar-refractivity contribution in [3.8, 4) is 0 Å². The molecule has 0 aromatic heterocycles. The van der Waals surface area contributed by atoms with Crippen molar-refractivity contribution in [3.63, 3.8) is 0 Å². The predicted molar refractivity (Wildman–Crippen MR) is 83.4 cm³/mol. The fourth-order valence-electron chi connectivity index (χ4n) is 3.84. The van der Waals surface area contributed by atoms with Crippen LogP contribution in [-0.4, -0.2) is 36.2 Å². The zero-order valence-electron chi connectivity index (χ0n) is 12.4. The van der Waals surface area contributed by atoms with E-state index >= 15 is 0 Å². The first-order chi connectivity index (χ1) is 9.61. The molecular weight excluding hydrogens is 270 g/mol. The number of rotatable bonds is 2. The summed E-state index contributed by atoms with van der Waals surface area (Å²) in [7, 11) is 0. The molecule has 2 nitrogen and oxygen atoms in total. The van der Waals surface area contributed by atoms with E-state index in [1.54, 1.807) is 0 Å². The highest BCUT2D eigenvalue weighted by Gasteiger charge is 2.33. The molecule has 0 bridgehead atoms. The number of ether oxygens (including phenoxy) is 1. The second-order valence-electron chi connectivity index (χ2n) is 6.43. The molecule has 1 aromatic carbocycles. The lowest BCUT2D eigenvalue weighted by atomic mass is 9.97. The molecule has 0 N–H and O–H groups in total. The third-order valence-electron chi connectivity index (χ3n) is 4.71. The van der Waals surface area contributed by atoms with E-state index < -0.39 is 0 Å². The van der Waals surface area contributed by atoms with E-state index in [-0.39, 0.29) is 0 Å². The molecule has 4 atom stereocenters. The lowest BCUT2D eigenvalue weighted by Gasteiger charge is -2.39. The van der Waals surface area contributed by atoms with Crippen molar-refractivity contribution in [3.05, 3.63) is 34.9 Å². The highest BCUT2D eigenvalue weighted by Crippen LogP contribution is 2.38. The topological polar surface area (TPSA) is 12.5 Å². The van der Waals surface area contributed by atoms with Gasteiger partial charge in [0.1, 0.15) is 0 Å². The van der Waals surface area contributed by atoms with Crippen LogP contribution in [0.4, 0.5) is 0 Å². The van der Waals surface area contributed by atoms with Crippen LogP contribution in [-0.2, 0) is 4.74 Å². The number of benzene rings is 1. The Morgan fingerprint density at radius 1 is 1.05 bits per heavy atom. The minimum Gasteiger partial charge on any atom is -0.373 e. The van der Waals surface area contributed by atoms with Gasteiger partial charge in [-0.05, 0) is 56.7 Å². The fraction of sp³-hybridized carbons (Fsp3) is 0.647. The molecule has 0 spiro atoms. The Labute approximate surface area is 127 Å². The molecule has 1 aliphatic carbocycles. The summed E-state index contributed by atoms with van der Waals surface area (Å²) in [5.74, 6) is 0.700. The van der Waals surface area contributed by atoms with E-state index in [1.165, 1.54) is 24.8 Å². The molecule has 2 fully saturated rings. The standard InChI is InChI=1S/C17H24ClNO/c1-12-10-19(11-13(2)20-12)17-8-5-15(9-17)14-3-6-16(18)7-4-14/h3-4,6-7,12-13,15,17H,5,8-11H2,1-2H3/t12-,13+,15?,17?. The van der Waals surface area contributed by atoms with Crippen LogP contribution in [0.3, 0.4) is 0 Å². The lowest BCUT2D eigenvalue weighted by molar-refractivity contribution is -0.0796. The summed E-state index contributed by atoms with van der Waals surface area (Å²) >= 11 is 5.98. The molecule has 20 heavy (non-hydrogen) atoms. The molecule has 3 heteroatoms. The first kappa shape index (κ1) is 14.4. The van der Waals surface area contributed by atoms with Gasteiger partial charge in [0.2, 0.25) is 0 Å². The molecule has 0 radical (unpaired) electrons. The summed E-state index contributed by atoms with van der Waals surface area (Å²) < 4.78 is 5.84. The van der Waals surface area contributed by atoms with Crippen LogP contribution in [0.2, 0.25) is 5.02 Å². The average molecular weight is 294 g/mol. The van der Waals surface area contributed by atoms with Gasteiger partial charge in [0, 0.05) is 24.2 Å². The van der Waals surface area contributed by atoms with Crippen molar-refractivity contribution in [2.24, 2.45) is 0 Å². The number of morpholine rings is 1. The Bertz CT molecular complexity index is 437. The molecule has 0 amide bonds. The molecule has 1 heterocycles. The van der Waals surface area contributed by atoms with E-state index in [1.807, 2.05) is 12.1 Å². The third kappa shape index (κ3) is 3.19. The highest BCUT2D eigenvalue weighted by atomic mass is 35.5. The van der Waals surface area contributed by atoms with Crippen molar-refractivity contribution in [2.45, 2.75) is 57.3 Å². The Morgan fingerprint density at radius 2 is 1.70 bits per heavy atom. The second kappa shape index (κ2) is 6.05. The molecule has 2 aliphatic rings. The second-order valence-corrected chi connectivity index (χ2v) is 6.86. The van der Waals surface area contributed by atoms with Gasteiger partial charge >= 0.3 is 0 Å². The first-order valence-electron chi connectivity index (χ1n) is 7.77. The van der Waals surface area contributed by atoms with Gasteiger partial charge in [0.05, 0.1) is 12.2 Å². The Kier molecular flexibility index (Phi) is 4.34. The smallest absolute Gasteiger partial charge is 0.0678 e. The van der Waals surface area contributed by atoms with Gasteiger partial charge in [0.15, 0.2) is 0 Å². The summed E-state index contributed by atoms with van der Waals surface area (Å²) in [4.78, 5) is 2.65. The van der Waals surface area contributed by atoms with Gasteiger partial charge in [0.25, 0.3) is 0 Å². The van der Waals surface area contributed by atoms with E-state index in [9.17, 15) is 0 Å². The Hall–Kier alpha value is -0.570. The lowest BCUT2D eigenvalue weighted by Crippen LogP contribution is -2.49. The normalized spacial score (nSPS) is 35.4. The summed E-state index contributed by atoms with van der Waals surface area (Å²) in [5, 5.41) is 0.833. The molecule has 1 aromatic rings.